The van der Waals surface area contributed by atoms with Crippen LogP contribution in [0.2, 0.25) is 0 Å². The van der Waals surface area contributed by atoms with Gasteiger partial charge in [0, 0.05) is 25.4 Å². The van der Waals surface area contributed by atoms with Crippen LogP contribution in [0.5, 0.6) is 0 Å². The largest absolute Gasteiger partial charge is 0.391 e. The Kier molecular flexibility index (Phi) is 3.47. The van der Waals surface area contributed by atoms with Crippen LogP contribution in [0.3, 0.4) is 0 Å². The summed E-state index contributed by atoms with van der Waals surface area (Å²) < 4.78 is 0. The van der Waals surface area contributed by atoms with Gasteiger partial charge in [-0.2, -0.15) is 0 Å². The van der Waals surface area contributed by atoms with Gasteiger partial charge in [0.25, 0.3) is 0 Å². The maximum absolute atomic E-state index is 11.0. The highest BCUT2D eigenvalue weighted by Gasteiger charge is 2.29. The Balaban J connectivity index is 2.30. The van der Waals surface area contributed by atoms with E-state index in [2.05, 4.69) is 4.98 Å². The molecule has 1 N–H and O–H groups in total. The minimum absolute atomic E-state index is 0.0109. The number of hydrogen-bond donors (Lipinski definition) is 1. The summed E-state index contributed by atoms with van der Waals surface area (Å²) in [5.74, 6) is 0.585. The number of aliphatic hydroxyl groups excluding tert-OH is 1. The molecule has 2 rings (SSSR count). The van der Waals surface area contributed by atoms with Crippen LogP contribution in [0.4, 0.5) is 11.5 Å². The first-order valence-corrected chi connectivity index (χ1v) is 6.03. The van der Waals surface area contributed by atoms with Gasteiger partial charge in [-0.3, -0.25) is 10.1 Å². The van der Waals surface area contributed by atoms with Gasteiger partial charge in [0.2, 0.25) is 5.82 Å². The first kappa shape index (κ1) is 12.8. The van der Waals surface area contributed by atoms with Crippen molar-refractivity contribution in [2.75, 3.05) is 18.0 Å². The van der Waals surface area contributed by atoms with Crippen molar-refractivity contribution >= 4 is 11.5 Å². The summed E-state index contributed by atoms with van der Waals surface area (Å²) in [6.45, 7) is 4.85. The molecule has 0 bridgehead atoms. The number of nitro groups is 1. The summed E-state index contributed by atoms with van der Waals surface area (Å²) in [4.78, 5) is 16.6. The minimum Gasteiger partial charge on any atom is -0.391 e. The molecule has 1 aliphatic rings. The first-order chi connectivity index (χ1) is 8.49. The fourth-order valence-electron chi connectivity index (χ4n) is 2.17. The molecular formula is C12H17N3O3. The summed E-state index contributed by atoms with van der Waals surface area (Å²) >= 11 is 0. The van der Waals surface area contributed by atoms with Crippen LogP contribution >= 0.6 is 0 Å². The highest BCUT2D eigenvalue weighted by Crippen LogP contribution is 2.29. The van der Waals surface area contributed by atoms with E-state index in [1.807, 2.05) is 6.92 Å². The van der Waals surface area contributed by atoms with Crippen LogP contribution in [0.1, 0.15) is 18.9 Å². The summed E-state index contributed by atoms with van der Waals surface area (Å²) in [6, 6.07) is 1.52. The maximum atomic E-state index is 11.0. The quantitative estimate of drug-likeness (QED) is 0.636. The Bertz CT molecular complexity index is 464. The third kappa shape index (κ3) is 2.43. The van der Waals surface area contributed by atoms with Gasteiger partial charge in [-0.05, 0) is 24.8 Å². The fourth-order valence-corrected chi connectivity index (χ4v) is 2.17. The predicted octanol–water partition coefficient (Wildman–Crippen LogP) is 1.51. The number of anilines is 1. The van der Waals surface area contributed by atoms with Crippen molar-refractivity contribution in [1.29, 1.82) is 0 Å². The second-order valence-electron chi connectivity index (χ2n) is 4.89. The van der Waals surface area contributed by atoms with Crippen LogP contribution in [-0.2, 0) is 0 Å². The normalized spacial score (nSPS) is 24.1. The van der Waals surface area contributed by atoms with E-state index in [4.69, 9.17) is 0 Å². The number of pyridine rings is 1. The summed E-state index contributed by atoms with van der Waals surface area (Å²) in [5, 5.41) is 20.9. The van der Waals surface area contributed by atoms with Gasteiger partial charge >= 0.3 is 5.69 Å². The molecule has 0 radical (unpaired) electrons. The summed E-state index contributed by atoms with van der Waals surface area (Å²) in [7, 11) is 0. The van der Waals surface area contributed by atoms with Crippen LogP contribution in [-0.4, -0.2) is 34.2 Å². The molecule has 2 heterocycles. The van der Waals surface area contributed by atoms with Crippen molar-refractivity contribution in [3.63, 3.8) is 0 Å². The molecule has 0 saturated carbocycles. The van der Waals surface area contributed by atoms with E-state index >= 15 is 0 Å². The summed E-state index contributed by atoms with van der Waals surface area (Å²) in [6.07, 6.45) is 1.97. The zero-order valence-electron chi connectivity index (χ0n) is 10.5. The smallest absolute Gasteiger partial charge is 0.311 e. The number of nitrogens with zero attached hydrogens (tertiary/aromatic N) is 3. The van der Waals surface area contributed by atoms with Gasteiger partial charge in [0.05, 0.1) is 11.0 Å². The number of aryl methyl sites for hydroxylation is 1. The molecule has 0 aliphatic carbocycles. The zero-order chi connectivity index (χ0) is 13.3. The third-order valence-corrected chi connectivity index (χ3v) is 3.40. The molecular weight excluding hydrogens is 234 g/mol. The van der Waals surface area contributed by atoms with Crippen LogP contribution in [0, 0.1) is 23.0 Å². The van der Waals surface area contributed by atoms with Gasteiger partial charge in [-0.15, -0.1) is 0 Å². The SMILES string of the molecule is Cc1cnc(N2CCC(C)C(O)C2)c([N+](=O)[O-])c1. The molecule has 2 atom stereocenters. The molecule has 2 unspecified atom stereocenters. The van der Waals surface area contributed by atoms with Crippen molar-refractivity contribution in [3.05, 3.63) is 27.9 Å². The lowest BCUT2D eigenvalue weighted by molar-refractivity contribution is -0.384. The molecule has 98 valence electrons. The molecule has 6 nitrogen and oxygen atoms in total. The van der Waals surface area contributed by atoms with E-state index in [1.165, 1.54) is 6.07 Å². The van der Waals surface area contributed by atoms with E-state index in [0.717, 1.165) is 12.0 Å². The first-order valence-electron chi connectivity index (χ1n) is 6.03. The Morgan fingerprint density at radius 3 is 2.94 bits per heavy atom. The molecule has 1 aromatic rings. The van der Waals surface area contributed by atoms with Crippen LogP contribution in [0.15, 0.2) is 12.3 Å². The van der Waals surface area contributed by atoms with Gasteiger partial charge in [0.15, 0.2) is 0 Å². The van der Waals surface area contributed by atoms with E-state index in [9.17, 15) is 15.2 Å². The molecule has 1 aromatic heterocycles. The molecule has 0 aromatic carbocycles. The van der Waals surface area contributed by atoms with E-state index in [-0.39, 0.29) is 11.6 Å². The second-order valence-corrected chi connectivity index (χ2v) is 4.89. The average Bonchev–Trinajstić information content (AvgIpc) is 2.32. The highest BCUT2D eigenvalue weighted by molar-refractivity contribution is 5.58. The van der Waals surface area contributed by atoms with E-state index in [0.29, 0.717) is 18.9 Å². The van der Waals surface area contributed by atoms with E-state index < -0.39 is 11.0 Å². The van der Waals surface area contributed by atoms with Crippen molar-refractivity contribution in [2.45, 2.75) is 26.4 Å². The lowest BCUT2D eigenvalue weighted by Gasteiger charge is -2.34. The average molecular weight is 251 g/mol. The Morgan fingerprint density at radius 2 is 2.33 bits per heavy atom. The van der Waals surface area contributed by atoms with Gasteiger partial charge in [-0.1, -0.05) is 6.92 Å². The van der Waals surface area contributed by atoms with Crippen molar-refractivity contribution in [1.82, 2.24) is 4.98 Å². The zero-order valence-corrected chi connectivity index (χ0v) is 10.5. The Labute approximate surface area is 105 Å². The van der Waals surface area contributed by atoms with Gasteiger partial charge < -0.3 is 10.0 Å². The van der Waals surface area contributed by atoms with E-state index in [1.54, 1.807) is 18.0 Å². The van der Waals surface area contributed by atoms with Crippen LogP contribution in [0.25, 0.3) is 0 Å². The monoisotopic (exact) mass is 251 g/mol. The lowest BCUT2D eigenvalue weighted by atomic mass is 9.96. The van der Waals surface area contributed by atoms with Crippen molar-refractivity contribution in [2.24, 2.45) is 5.92 Å². The van der Waals surface area contributed by atoms with Gasteiger partial charge in [-0.25, -0.2) is 4.98 Å². The van der Waals surface area contributed by atoms with Crippen molar-refractivity contribution < 1.29 is 10.0 Å². The number of β-amino-alcohol motifs (C(OH)–C–C–N with tert-alkyl or cyclic N) is 1. The molecule has 1 aliphatic heterocycles. The number of aromatic nitrogens is 1. The van der Waals surface area contributed by atoms with Crippen molar-refractivity contribution in [3.8, 4) is 0 Å². The minimum atomic E-state index is -0.457. The van der Waals surface area contributed by atoms with Gasteiger partial charge in [0.1, 0.15) is 0 Å². The molecule has 0 amide bonds. The molecule has 0 spiro atoms. The second kappa shape index (κ2) is 4.89. The Morgan fingerprint density at radius 1 is 1.61 bits per heavy atom. The number of aliphatic hydroxyl groups is 1. The molecule has 18 heavy (non-hydrogen) atoms. The number of rotatable bonds is 2. The third-order valence-electron chi connectivity index (χ3n) is 3.40. The number of hydrogen-bond acceptors (Lipinski definition) is 5. The maximum Gasteiger partial charge on any atom is 0.311 e. The topological polar surface area (TPSA) is 79.5 Å². The predicted molar refractivity (Wildman–Crippen MR) is 67.6 cm³/mol. The molecule has 6 heteroatoms. The highest BCUT2D eigenvalue weighted by atomic mass is 16.6. The Hall–Kier alpha value is -1.69. The number of piperidine rings is 1. The molecule has 1 fully saturated rings. The lowest BCUT2D eigenvalue weighted by Crippen LogP contribution is -2.43. The fraction of sp³-hybridized carbons (Fsp3) is 0.583. The van der Waals surface area contributed by atoms with Crippen LogP contribution < -0.4 is 4.90 Å². The standard InChI is InChI=1S/C12H17N3O3/c1-8-5-10(15(17)18)12(13-6-8)14-4-3-9(2)11(16)7-14/h5-6,9,11,16H,3-4,7H2,1-2H3. The summed E-state index contributed by atoms with van der Waals surface area (Å²) in [5.41, 5.74) is 0.771. The molecule has 1 saturated heterocycles.